The third kappa shape index (κ3) is 4.09. The van der Waals surface area contributed by atoms with Crippen molar-refractivity contribution in [2.75, 3.05) is 18.9 Å². The van der Waals surface area contributed by atoms with Crippen LogP contribution in [-0.2, 0) is 16.4 Å². The van der Waals surface area contributed by atoms with Crippen molar-refractivity contribution in [1.29, 1.82) is 0 Å². The van der Waals surface area contributed by atoms with E-state index in [1.807, 2.05) is 13.8 Å². The first kappa shape index (κ1) is 19.6. The van der Waals surface area contributed by atoms with Gasteiger partial charge in [0.05, 0.1) is 29.8 Å². The third-order valence-electron chi connectivity index (χ3n) is 4.44. The van der Waals surface area contributed by atoms with Crippen LogP contribution >= 0.6 is 11.6 Å². The van der Waals surface area contributed by atoms with Gasteiger partial charge in [-0.3, -0.25) is 4.72 Å². The molecule has 0 fully saturated rings. The number of hydrogen-bond donors (Lipinski definition) is 1. The first-order chi connectivity index (χ1) is 12.6. The first-order valence-corrected chi connectivity index (χ1v) is 10.3. The van der Waals surface area contributed by atoms with Crippen molar-refractivity contribution in [3.63, 3.8) is 0 Å². The van der Waals surface area contributed by atoms with Crippen molar-refractivity contribution >= 4 is 27.3 Å². The van der Waals surface area contributed by atoms with Crippen LogP contribution in [0.1, 0.15) is 25.8 Å². The standard InChI is InChI=1S/C19H22ClNO5S/c1-19(2)8-7-12-9-13(5-6-16(12)26-19)27(22,23)21-15-11-17(24-3)14(20)10-18(15)25-4/h5-6,9-11,21H,7-8H2,1-4H3. The number of ether oxygens (including phenoxy) is 3. The molecule has 0 radical (unpaired) electrons. The van der Waals surface area contributed by atoms with Gasteiger partial charge in [-0.2, -0.15) is 0 Å². The molecule has 2 aromatic carbocycles. The first-order valence-electron chi connectivity index (χ1n) is 8.41. The molecule has 0 spiro atoms. The number of methoxy groups -OCH3 is 2. The van der Waals surface area contributed by atoms with E-state index in [-0.39, 0.29) is 16.2 Å². The molecule has 0 amide bonds. The van der Waals surface area contributed by atoms with Gasteiger partial charge in [0.2, 0.25) is 0 Å². The Hall–Kier alpha value is -2.12. The maximum Gasteiger partial charge on any atom is 0.262 e. The summed E-state index contributed by atoms with van der Waals surface area (Å²) in [6.07, 6.45) is 1.57. The molecule has 0 aliphatic carbocycles. The molecule has 0 atom stereocenters. The molecule has 1 aliphatic rings. The molecule has 1 heterocycles. The van der Waals surface area contributed by atoms with E-state index in [4.69, 9.17) is 25.8 Å². The summed E-state index contributed by atoms with van der Waals surface area (Å²) in [4.78, 5) is 0.153. The van der Waals surface area contributed by atoms with E-state index in [0.29, 0.717) is 16.5 Å². The SMILES string of the molecule is COc1cc(NS(=O)(=O)c2ccc3c(c2)CCC(C)(C)O3)c(OC)cc1Cl. The Bertz CT molecular complexity index is 972. The molecule has 6 nitrogen and oxygen atoms in total. The average Bonchev–Trinajstić information content (AvgIpc) is 2.61. The number of benzene rings is 2. The van der Waals surface area contributed by atoms with Crippen LogP contribution in [0.15, 0.2) is 35.2 Å². The zero-order chi connectivity index (χ0) is 19.8. The van der Waals surface area contributed by atoms with Crippen molar-refractivity contribution in [3.05, 3.63) is 40.9 Å². The number of fused-ring (bicyclic) bond motifs is 1. The summed E-state index contributed by atoms with van der Waals surface area (Å²) in [6, 6.07) is 7.86. The lowest BCUT2D eigenvalue weighted by atomic mass is 9.94. The van der Waals surface area contributed by atoms with Gasteiger partial charge in [0.1, 0.15) is 22.8 Å². The molecule has 0 aromatic heterocycles. The van der Waals surface area contributed by atoms with E-state index < -0.39 is 10.0 Å². The van der Waals surface area contributed by atoms with Gasteiger partial charge in [0, 0.05) is 12.1 Å². The fraction of sp³-hybridized carbons (Fsp3) is 0.368. The zero-order valence-corrected chi connectivity index (χ0v) is 17.2. The quantitative estimate of drug-likeness (QED) is 0.795. The normalized spacial score (nSPS) is 15.4. The van der Waals surface area contributed by atoms with Crippen LogP contribution in [0.4, 0.5) is 5.69 Å². The van der Waals surface area contributed by atoms with Crippen LogP contribution < -0.4 is 18.9 Å². The minimum atomic E-state index is -3.83. The van der Waals surface area contributed by atoms with Crippen molar-refractivity contribution in [1.82, 2.24) is 0 Å². The van der Waals surface area contributed by atoms with Crippen molar-refractivity contribution in [2.24, 2.45) is 0 Å². The van der Waals surface area contributed by atoms with Gasteiger partial charge in [-0.15, -0.1) is 0 Å². The highest BCUT2D eigenvalue weighted by atomic mass is 35.5. The van der Waals surface area contributed by atoms with Crippen LogP contribution in [0.5, 0.6) is 17.2 Å². The highest BCUT2D eigenvalue weighted by Crippen LogP contribution is 2.38. The second kappa shape index (κ2) is 7.13. The molecule has 8 heteroatoms. The van der Waals surface area contributed by atoms with E-state index in [1.54, 1.807) is 12.1 Å². The largest absolute Gasteiger partial charge is 0.495 e. The summed E-state index contributed by atoms with van der Waals surface area (Å²) in [6.45, 7) is 4.03. The Balaban J connectivity index is 1.94. The van der Waals surface area contributed by atoms with Crippen molar-refractivity contribution in [3.8, 4) is 17.2 Å². The Morgan fingerprint density at radius 3 is 2.48 bits per heavy atom. The average molecular weight is 412 g/mol. The molecule has 2 aromatic rings. The molecule has 3 rings (SSSR count). The third-order valence-corrected chi connectivity index (χ3v) is 6.10. The van der Waals surface area contributed by atoms with Crippen LogP contribution in [-0.4, -0.2) is 28.2 Å². The topological polar surface area (TPSA) is 73.9 Å². The second-order valence-corrected chi connectivity index (χ2v) is 9.01. The predicted octanol–water partition coefficient (Wildman–Crippen LogP) is 4.26. The molecule has 27 heavy (non-hydrogen) atoms. The van der Waals surface area contributed by atoms with Gasteiger partial charge in [-0.1, -0.05) is 11.6 Å². The molecule has 0 saturated heterocycles. The molecule has 1 N–H and O–H groups in total. The number of nitrogens with one attached hydrogen (secondary N) is 1. The van der Waals surface area contributed by atoms with E-state index in [9.17, 15) is 8.42 Å². The maximum atomic E-state index is 12.9. The Morgan fingerprint density at radius 2 is 1.81 bits per heavy atom. The van der Waals surface area contributed by atoms with Gasteiger partial charge in [0.25, 0.3) is 10.0 Å². The van der Waals surface area contributed by atoms with Crippen LogP contribution in [0.3, 0.4) is 0 Å². The summed E-state index contributed by atoms with van der Waals surface area (Å²) in [5.74, 6) is 1.36. The summed E-state index contributed by atoms with van der Waals surface area (Å²) < 4.78 is 44.6. The lowest BCUT2D eigenvalue weighted by molar-refractivity contribution is 0.0845. The number of hydrogen-bond acceptors (Lipinski definition) is 5. The molecule has 0 bridgehead atoms. The molecule has 1 aliphatic heterocycles. The van der Waals surface area contributed by atoms with Crippen LogP contribution in [0.2, 0.25) is 5.02 Å². The lowest BCUT2D eigenvalue weighted by Crippen LogP contribution is -2.32. The highest BCUT2D eigenvalue weighted by molar-refractivity contribution is 7.92. The second-order valence-electron chi connectivity index (χ2n) is 6.92. The van der Waals surface area contributed by atoms with Gasteiger partial charge in [-0.25, -0.2) is 8.42 Å². The van der Waals surface area contributed by atoms with Gasteiger partial charge in [-0.05, 0) is 50.5 Å². The zero-order valence-electron chi connectivity index (χ0n) is 15.6. The smallest absolute Gasteiger partial charge is 0.262 e. The van der Waals surface area contributed by atoms with E-state index in [0.717, 1.165) is 24.2 Å². The monoisotopic (exact) mass is 411 g/mol. The molecular formula is C19H22ClNO5S. The van der Waals surface area contributed by atoms with Gasteiger partial charge in [0.15, 0.2) is 0 Å². The van der Waals surface area contributed by atoms with Gasteiger partial charge < -0.3 is 14.2 Å². The number of rotatable bonds is 5. The van der Waals surface area contributed by atoms with E-state index in [1.165, 1.54) is 32.4 Å². The Morgan fingerprint density at radius 1 is 1.11 bits per heavy atom. The number of halogens is 1. The molecule has 146 valence electrons. The molecular weight excluding hydrogens is 390 g/mol. The van der Waals surface area contributed by atoms with E-state index >= 15 is 0 Å². The van der Waals surface area contributed by atoms with Gasteiger partial charge >= 0.3 is 0 Å². The lowest BCUT2D eigenvalue weighted by Gasteiger charge is -2.32. The van der Waals surface area contributed by atoms with Crippen LogP contribution in [0, 0.1) is 0 Å². The minimum absolute atomic E-state index is 0.153. The predicted molar refractivity (Wildman–Crippen MR) is 105 cm³/mol. The molecule has 0 unspecified atom stereocenters. The fourth-order valence-corrected chi connectivity index (χ4v) is 4.29. The summed E-state index contributed by atoms with van der Waals surface area (Å²) in [7, 11) is -0.936. The van der Waals surface area contributed by atoms with Crippen molar-refractivity contribution < 1.29 is 22.6 Å². The summed E-state index contributed by atoms with van der Waals surface area (Å²) >= 11 is 6.07. The summed E-state index contributed by atoms with van der Waals surface area (Å²) in [5.41, 5.74) is 0.866. The van der Waals surface area contributed by atoms with Crippen molar-refractivity contribution in [2.45, 2.75) is 37.2 Å². The Kier molecular flexibility index (Phi) is 5.18. The molecule has 0 saturated carbocycles. The summed E-state index contributed by atoms with van der Waals surface area (Å²) in [5, 5.41) is 0.325. The number of anilines is 1. The van der Waals surface area contributed by atoms with Crippen LogP contribution in [0.25, 0.3) is 0 Å². The Labute approximate surface area is 164 Å². The number of aryl methyl sites for hydroxylation is 1. The highest BCUT2D eigenvalue weighted by Gasteiger charge is 2.28. The maximum absolute atomic E-state index is 12.9. The fourth-order valence-electron chi connectivity index (χ4n) is 2.95. The minimum Gasteiger partial charge on any atom is -0.495 e. The van der Waals surface area contributed by atoms with E-state index in [2.05, 4.69) is 4.72 Å². The number of sulfonamides is 1.